The fraction of sp³-hybridized carbons (Fsp3) is 0.700. The molecule has 0 spiro atoms. The Kier molecular flexibility index (Phi) is 3.38. The summed E-state index contributed by atoms with van der Waals surface area (Å²) in [6.07, 6.45) is 3.69. The van der Waals surface area contributed by atoms with E-state index in [-0.39, 0.29) is 5.91 Å². The van der Waals surface area contributed by atoms with Crippen LogP contribution in [0.4, 0.5) is 5.13 Å². The van der Waals surface area contributed by atoms with Crippen LogP contribution in [0.3, 0.4) is 0 Å². The molecule has 0 radical (unpaired) electrons. The van der Waals surface area contributed by atoms with Crippen LogP contribution in [-0.2, 0) is 0 Å². The molecule has 0 bridgehead atoms. The molecule has 6 heteroatoms. The van der Waals surface area contributed by atoms with E-state index in [2.05, 4.69) is 22.4 Å². The lowest BCUT2D eigenvalue weighted by molar-refractivity contribution is 0.0946. The quantitative estimate of drug-likeness (QED) is 0.834. The summed E-state index contributed by atoms with van der Waals surface area (Å²) in [7, 11) is 0. The second-order valence-corrected chi connectivity index (χ2v) is 5.45. The van der Waals surface area contributed by atoms with E-state index in [0.29, 0.717) is 16.1 Å². The zero-order chi connectivity index (χ0) is 11.5. The summed E-state index contributed by atoms with van der Waals surface area (Å²) in [6, 6.07) is 0. The van der Waals surface area contributed by atoms with Crippen LogP contribution < -0.4 is 11.1 Å². The standard InChI is InChI=1S/C10H16N4OS/c1-6-2-3-7(4-6)5-12-8(15)9-13-14-10(11)16-9/h6-7H,2-5H2,1H3,(H2,11,14)(H,12,15). The summed E-state index contributed by atoms with van der Waals surface area (Å²) in [5, 5.41) is 10.9. The average Bonchev–Trinajstić information content (AvgIpc) is 2.84. The van der Waals surface area contributed by atoms with Crippen LogP contribution in [0.5, 0.6) is 0 Å². The molecular weight excluding hydrogens is 224 g/mol. The van der Waals surface area contributed by atoms with Crippen molar-refractivity contribution in [1.82, 2.24) is 15.5 Å². The predicted molar refractivity (Wildman–Crippen MR) is 63.2 cm³/mol. The Labute approximate surface area is 98.4 Å². The Morgan fingerprint density at radius 3 is 2.94 bits per heavy atom. The number of carbonyl (C=O) groups is 1. The maximum Gasteiger partial charge on any atom is 0.282 e. The third-order valence-corrected chi connectivity index (χ3v) is 3.74. The van der Waals surface area contributed by atoms with Gasteiger partial charge in [-0.05, 0) is 24.7 Å². The minimum absolute atomic E-state index is 0.159. The minimum atomic E-state index is -0.159. The SMILES string of the molecule is CC1CCC(CNC(=O)c2nnc(N)s2)C1. The number of nitrogen functional groups attached to an aromatic ring is 1. The van der Waals surface area contributed by atoms with Gasteiger partial charge in [-0.2, -0.15) is 0 Å². The Balaban J connectivity index is 1.80. The van der Waals surface area contributed by atoms with E-state index in [1.807, 2.05) is 0 Å². The molecule has 1 aromatic rings. The van der Waals surface area contributed by atoms with Crippen molar-refractivity contribution in [3.05, 3.63) is 5.01 Å². The largest absolute Gasteiger partial charge is 0.374 e. The highest BCUT2D eigenvalue weighted by atomic mass is 32.1. The summed E-state index contributed by atoms with van der Waals surface area (Å²) in [5.41, 5.74) is 5.42. The molecule has 0 aromatic carbocycles. The molecular formula is C10H16N4OS. The van der Waals surface area contributed by atoms with Crippen LogP contribution in [0, 0.1) is 11.8 Å². The lowest BCUT2D eigenvalue weighted by Gasteiger charge is -2.09. The molecule has 88 valence electrons. The first-order valence-electron chi connectivity index (χ1n) is 5.52. The number of amides is 1. The number of hydrogen-bond donors (Lipinski definition) is 2. The number of nitrogens with zero attached hydrogens (tertiary/aromatic N) is 2. The summed E-state index contributed by atoms with van der Waals surface area (Å²) in [6.45, 7) is 3.00. The number of aromatic nitrogens is 2. The van der Waals surface area contributed by atoms with Crippen molar-refractivity contribution in [1.29, 1.82) is 0 Å². The van der Waals surface area contributed by atoms with Gasteiger partial charge in [-0.3, -0.25) is 4.79 Å². The van der Waals surface area contributed by atoms with E-state index in [9.17, 15) is 4.79 Å². The number of hydrogen-bond acceptors (Lipinski definition) is 5. The summed E-state index contributed by atoms with van der Waals surface area (Å²) < 4.78 is 0. The van der Waals surface area contributed by atoms with Crippen molar-refractivity contribution in [2.75, 3.05) is 12.3 Å². The molecule has 1 aliphatic carbocycles. The topological polar surface area (TPSA) is 80.9 Å². The summed E-state index contributed by atoms with van der Waals surface area (Å²) >= 11 is 1.12. The lowest BCUT2D eigenvalue weighted by Crippen LogP contribution is -2.28. The smallest absolute Gasteiger partial charge is 0.282 e. The highest BCUT2D eigenvalue weighted by Crippen LogP contribution is 2.29. The first kappa shape index (κ1) is 11.3. The molecule has 1 saturated carbocycles. The van der Waals surface area contributed by atoms with Crippen molar-refractivity contribution in [2.24, 2.45) is 11.8 Å². The molecule has 2 rings (SSSR count). The molecule has 1 heterocycles. The van der Waals surface area contributed by atoms with Gasteiger partial charge < -0.3 is 11.1 Å². The molecule has 2 unspecified atom stereocenters. The second kappa shape index (κ2) is 4.78. The van der Waals surface area contributed by atoms with Gasteiger partial charge in [-0.15, -0.1) is 10.2 Å². The van der Waals surface area contributed by atoms with Crippen molar-refractivity contribution >= 4 is 22.4 Å². The zero-order valence-corrected chi connectivity index (χ0v) is 10.1. The second-order valence-electron chi connectivity index (χ2n) is 4.44. The molecule has 0 aliphatic heterocycles. The Bertz CT molecular complexity index is 379. The fourth-order valence-electron chi connectivity index (χ4n) is 2.15. The van der Waals surface area contributed by atoms with Gasteiger partial charge in [0.2, 0.25) is 10.1 Å². The van der Waals surface area contributed by atoms with Crippen LogP contribution in [-0.4, -0.2) is 22.6 Å². The van der Waals surface area contributed by atoms with Crippen LogP contribution in [0.2, 0.25) is 0 Å². The lowest BCUT2D eigenvalue weighted by atomic mass is 10.1. The summed E-state index contributed by atoms with van der Waals surface area (Å²) in [5.74, 6) is 1.25. The maximum absolute atomic E-state index is 11.6. The molecule has 1 aromatic heterocycles. The van der Waals surface area contributed by atoms with E-state index in [4.69, 9.17) is 5.73 Å². The van der Waals surface area contributed by atoms with Gasteiger partial charge in [0.1, 0.15) is 0 Å². The predicted octanol–water partition coefficient (Wildman–Crippen LogP) is 1.29. The van der Waals surface area contributed by atoms with Crippen molar-refractivity contribution in [3.8, 4) is 0 Å². The van der Waals surface area contributed by atoms with Crippen molar-refractivity contribution in [2.45, 2.75) is 26.2 Å². The van der Waals surface area contributed by atoms with Crippen LogP contribution >= 0.6 is 11.3 Å². The van der Waals surface area contributed by atoms with Crippen molar-refractivity contribution in [3.63, 3.8) is 0 Å². The fourth-order valence-corrected chi connectivity index (χ4v) is 2.68. The number of carbonyl (C=O) groups excluding carboxylic acids is 1. The van der Waals surface area contributed by atoms with E-state index in [1.165, 1.54) is 19.3 Å². The van der Waals surface area contributed by atoms with E-state index < -0.39 is 0 Å². The molecule has 0 saturated heterocycles. The van der Waals surface area contributed by atoms with Gasteiger partial charge in [0, 0.05) is 6.54 Å². The Hall–Kier alpha value is -1.17. The van der Waals surface area contributed by atoms with E-state index >= 15 is 0 Å². The highest BCUT2D eigenvalue weighted by Gasteiger charge is 2.22. The maximum atomic E-state index is 11.6. The molecule has 5 nitrogen and oxygen atoms in total. The minimum Gasteiger partial charge on any atom is -0.374 e. The molecule has 1 fully saturated rings. The van der Waals surface area contributed by atoms with Gasteiger partial charge in [-0.1, -0.05) is 24.7 Å². The average molecular weight is 240 g/mol. The van der Waals surface area contributed by atoms with Gasteiger partial charge in [0.15, 0.2) is 0 Å². The first-order chi connectivity index (χ1) is 7.65. The van der Waals surface area contributed by atoms with Gasteiger partial charge >= 0.3 is 0 Å². The molecule has 2 atom stereocenters. The van der Waals surface area contributed by atoms with Crippen LogP contribution in [0.15, 0.2) is 0 Å². The van der Waals surface area contributed by atoms with E-state index in [0.717, 1.165) is 23.8 Å². The number of nitrogens with two attached hydrogens (primary N) is 1. The normalized spacial score (nSPS) is 24.6. The molecule has 1 aliphatic rings. The van der Waals surface area contributed by atoms with Crippen LogP contribution in [0.1, 0.15) is 36.0 Å². The van der Waals surface area contributed by atoms with Crippen LogP contribution in [0.25, 0.3) is 0 Å². The Morgan fingerprint density at radius 1 is 1.56 bits per heavy atom. The van der Waals surface area contributed by atoms with Gasteiger partial charge in [0.25, 0.3) is 5.91 Å². The summed E-state index contributed by atoms with van der Waals surface area (Å²) in [4.78, 5) is 11.6. The number of rotatable bonds is 3. The molecule has 1 amide bonds. The Morgan fingerprint density at radius 2 is 2.38 bits per heavy atom. The molecule has 16 heavy (non-hydrogen) atoms. The third-order valence-electron chi connectivity index (χ3n) is 2.99. The number of anilines is 1. The monoisotopic (exact) mass is 240 g/mol. The van der Waals surface area contributed by atoms with E-state index in [1.54, 1.807) is 0 Å². The highest BCUT2D eigenvalue weighted by molar-refractivity contribution is 7.16. The van der Waals surface area contributed by atoms with Gasteiger partial charge in [0.05, 0.1) is 0 Å². The third kappa shape index (κ3) is 2.69. The zero-order valence-electron chi connectivity index (χ0n) is 9.27. The van der Waals surface area contributed by atoms with Gasteiger partial charge in [-0.25, -0.2) is 0 Å². The first-order valence-corrected chi connectivity index (χ1v) is 6.34. The number of nitrogens with one attached hydrogen (secondary N) is 1. The van der Waals surface area contributed by atoms with Crippen molar-refractivity contribution < 1.29 is 4.79 Å². The molecule has 3 N–H and O–H groups in total.